The van der Waals surface area contributed by atoms with Gasteiger partial charge in [0, 0.05) is 22.1 Å². The van der Waals surface area contributed by atoms with Crippen molar-refractivity contribution in [2.45, 2.75) is 13.8 Å². The molecule has 150 valence electrons. The molecule has 3 aromatic rings. The van der Waals surface area contributed by atoms with Crippen molar-refractivity contribution in [3.05, 3.63) is 87.7 Å². The highest BCUT2D eigenvalue weighted by molar-refractivity contribution is 9.10. The molecule has 0 radical (unpaired) electrons. The summed E-state index contributed by atoms with van der Waals surface area (Å²) < 4.78 is 2.88. The second kappa shape index (κ2) is 8.01. The van der Waals surface area contributed by atoms with Gasteiger partial charge in [0.1, 0.15) is 5.57 Å². The number of amides is 2. The zero-order valence-electron chi connectivity index (χ0n) is 16.3. The molecule has 7 heteroatoms. The standard InChI is InChI=1S/C23H18BrN3O2S/c1-14-5-8-19(12-15(14)2)27-22(29)20(21(28)25-23(27)30)13-18-4-3-11-26(18)17-9-6-16(24)7-10-17/h3-13H,1-2H3,(H,25,28,30)/b20-13+. The van der Waals surface area contributed by atoms with Gasteiger partial charge in [0.05, 0.1) is 5.69 Å². The van der Waals surface area contributed by atoms with Crippen LogP contribution in [-0.2, 0) is 9.59 Å². The lowest BCUT2D eigenvalue weighted by molar-refractivity contribution is -0.122. The summed E-state index contributed by atoms with van der Waals surface area (Å²) in [5, 5.41) is 2.71. The lowest BCUT2D eigenvalue weighted by Crippen LogP contribution is -2.54. The van der Waals surface area contributed by atoms with Crippen LogP contribution in [0.2, 0.25) is 0 Å². The molecule has 4 rings (SSSR count). The fourth-order valence-electron chi connectivity index (χ4n) is 3.25. The largest absolute Gasteiger partial charge is 0.317 e. The maximum absolute atomic E-state index is 13.3. The van der Waals surface area contributed by atoms with E-state index in [4.69, 9.17) is 12.2 Å². The van der Waals surface area contributed by atoms with E-state index in [-0.39, 0.29) is 10.7 Å². The minimum absolute atomic E-state index is 0.0267. The van der Waals surface area contributed by atoms with Crippen LogP contribution in [0.4, 0.5) is 5.69 Å². The van der Waals surface area contributed by atoms with Crippen LogP contribution in [0, 0.1) is 13.8 Å². The lowest BCUT2D eigenvalue weighted by atomic mass is 10.1. The topological polar surface area (TPSA) is 54.3 Å². The smallest absolute Gasteiger partial charge is 0.270 e. The van der Waals surface area contributed by atoms with E-state index in [9.17, 15) is 9.59 Å². The molecule has 2 aromatic carbocycles. The molecule has 1 aromatic heterocycles. The Labute approximate surface area is 188 Å². The Morgan fingerprint density at radius 2 is 1.67 bits per heavy atom. The van der Waals surface area contributed by atoms with E-state index in [0.29, 0.717) is 11.4 Å². The molecule has 1 saturated heterocycles. The average Bonchev–Trinajstić information content (AvgIpc) is 3.16. The van der Waals surface area contributed by atoms with Crippen LogP contribution < -0.4 is 10.2 Å². The maximum Gasteiger partial charge on any atom is 0.270 e. The number of halogens is 1. The van der Waals surface area contributed by atoms with Crippen LogP contribution in [0.15, 0.2) is 70.8 Å². The first-order valence-electron chi connectivity index (χ1n) is 9.27. The normalized spacial score (nSPS) is 15.6. The third-order valence-corrected chi connectivity index (χ3v) is 5.84. The van der Waals surface area contributed by atoms with Crippen molar-refractivity contribution < 1.29 is 9.59 Å². The zero-order chi connectivity index (χ0) is 21.4. The Morgan fingerprint density at radius 3 is 2.37 bits per heavy atom. The monoisotopic (exact) mass is 479 g/mol. The van der Waals surface area contributed by atoms with Crippen LogP contribution in [-0.4, -0.2) is 21.5 Å². The van der Waals surface area contributed by atoms with Crippen LogP contribution in [0.3, 0.4) is 0 Å². The molecule has 1 aliphatic heterocycles. The van der Waals surface area contributed by atoms with Gasteiger partial charge in [-0.25, -0.2) is 0 Å². The van der Waals surface area contributed by atoms with Gasteiger partial charge in [-0.05, 0) is 91.8 Å². The van der Waals surface area contributed by atoms with Crippen LogP contribution >= 0.6 is 28.1 Å². The number of anilines is 1. The predicted octanol–water partition coefficient (Wildman–Crippen LogP) is 4.69. The molecule has 2 amide bonds. The Kier molecular flexibility index (Phi) is 5.40. The molecule has 1 aliphatic rings. The van der Waals surface area contributed by atoms with Gasteiger partial charge in [0.15, 0.2) is 5.11 Å². The minimum Gasteiger partial charge on any atom is -0.317 e. The molecule has 0 atom stereocenters. The van der Waals surface area contributed by atoms with E-state index in [1.54, 1.807) is 6.08 Å². The average molecular weight is 480 g/mol. The third kappa shape index (κ3) is 3.74. The summed E-state index contributed by atoms with van der Waals surface area (Å²) in [6.45, 7) is 3.97. The molecule has 0 unspecified atom stereocenters. The van der Waals surface area contributed by atoms with Gasteiger partial charge >= 0.3 is 0 Å². The molecule has 1 N–H and O–H groups in total. The number of carbonyl (C=O) groups is 2. The summed E-state index contributed by atoms with van der Waals surface area (Å²) in [6, 6.07) is 17.1. The van der Waals surface area contributed by atoms with Crippen molar-refractivity contribution in [3.8, 4) is 5.69 Å². The highest BCUT2D eigenvalue weighted by Gasteiger charge is 2.34. The van der Waals surface area contributed by atoms with Crippen LogP contribution in [0.5, 0.6) is 0 Å². The summed E-state index contributed by atoms with van der Waals surface area (Å²) >= 11 is 8.72. The predicted molar refractivity (Wildman–Crippen MR) is 126 cm³/mol. The van der Waals surface area contributed by atoms with Crippen LogP contribution in [0.1, 0.15) is 16.8 Å². The number of aromatic nitrogens is 1. The molecule has 0 spiro atoms. The van der Waals surface area contributed by atoms with Crippen molar-refractivity contribution in [3.63, 3.8) is 0 Å². The van der Waals surface area contributed by atoms with Gasteiger partial charge in [-0.1, -0.05) is 22.0 Å². The molecular weight excluding hydrogens is 462 g/mol. The molecular formula is C23H18BrN3O2S. The van der Waals surface area contributed by atoms with Gasteiger partial charge < -0.3 is 4.57 Å². The van der Waals surface area contributed by atoms with Gasteiger partial charge in [-0.3, -0.25) is 19.8 Å². The number of rotatable bonds is 3. The Hall–Kier alpha value is -3.03. The van der Waals surface area contributed by atoms with Crippen molar-refractivity contribution in [1.29, 1.82) is 0 Å². The molecule has 2 heterocycles. The van der Waals surface area contributed by atoms with Gasteiger partial charge in [-0.15, -0.1) is 0 Å². The lowest BCUT2D eigenvalue weighted by Gasteiger charge is -2.29. The quantitative estimate of drug-likeness (QED) is 0.336. The number of nitrogens with one attached hydrogen (secondary N) is 1. The van der Waals surface area contributed by atoms with Crippen molar-refractivity contribution in [1.82, 2.24) is 9.88 Å². The van der Waals surface area contributed by atoms with Gasteiger partial charge in [0.25, 0.3) is 11.8 Å². The molecule has 1 fully saturated rings. The molecule has 0 bridgehead atoms. The van der Waals surface area contributed by atoms with Crippen LogP contribution in [0.25, 0.3) is 11.8 Å². The van der Waals surface area contributed by atoms with Crippen molar-refractivity contribution in [2.24, 2.45) is 0 Å². The maximum atomic E-state index is 13.3. The van der Waals surface area contributed by atoms with E-state index in [2.05, 4.69) is 21.2 Å². The van der Waals surface area contributed by atoms with E-state index in [1.165, 1.54) is 4.90 Å². The van der Waals surface area contributed by atoms with Gasteiger partial charge in [-0.2, -0.15) is 0 Å². The summed E-state index contributed by atoms with van der Waals surface area (Å²) in [5.41, 5.74) is 4.43. The summed E-state index contributed by atoms with van der Waals surface area (Å²) in [6.07, 6.45) is 3.47. The first-order valence-corrected chi connectivity index (χ1v) is 10.5. The number of hydrogen-bond acceptors (Lipinski definition) is 3. The second-order valence-electron chi connectivity index (χ2n) is 7.01. The Morgan fingerprint density at radius 1 is 0.967 bits per heavy atom. The fraction of sp³-hybridized carbons (Fsp3) is 0.0870. The number of benzene rings is 2. The molecule has 30 heavy (non-hydrogen) atoms. The fourth-order valence-corrected chi connectivity index (χ4v) is 3.80. The highest BCUT2D eigenvalue weighted by atomic mass is 79.9. The second-order valence-corrected chi connectivity index (χ2v) is 8.31. The van der Waals surface area contributed by atoms with Crippen molar-refractivity contribution in [2.75, 3.05) is 4.90 Å². The number of aryl methyl sites for hydroxylation is 2. The first-order chi connectivity index (χ1) is 14.3. The first kappa shape index (κ1) is 20.3. The van der Waals surface area contributed by atoms with Crippen molar-refractivity contribution >= 4 is 56.8 Å². The van der Waals surface area contributed by atoms with Gasteiger partial charge in [0.2, 0.25) is 0 Å². The highest BCUT2D eigenvalue weighted by Crippen LogP contribution is 2.25. The number of hydrogen-bond donors (Lipinski definition) is 1. The Balaban J connectivity index is 1.74. The van der Waals surface area contributed by atoms with E-state index < -0.39 is 11.8 Å². The molecule has 0 saturated carbocycles. The number of nitrogens with zero attached hydrogens (tertiary/aromatic N) is 2. The number of thiocarbonyl (C=S) groups is 1. The summed E-state index contributed by atoms with van der Waals surface area (Å²) in [5.74, 6) is -0.954. The number of carbonyl (C=O) groups excluding carboxylic acids is 2. The minimum atomic E-state index is -0.506. The SMILES string of the molecule is Cc1ccc(N2C(=O)/C(=C/c3cccn3-c3ccc(Br)cc3)C(=O)NC2=S)cc1C. The van der Waals surface area contributed by atoms with E-state index >= 15 is 0 Å². The summed E-state index contributed by atoms with van der Waals surface area (Å²) in [4.78, 5) is 27.2. The zero-order valence-corrected chi connectivity index (χ0v) is 18.8. The third-order valence-electron chi connectivity index (χ3n) is 5.03. The molecule has 0 aliphatic carbocycles. The van der Waals surface area contributed by atoms with E-state index in [1.807, 2.05) is 79.2 Å². The van der Waals surface area contributed by atoms with E-state index in [0.717, 1.165) is 21.3 Å². The molecule has 5 nitrogen and oxygen atoms in total. The Bertz CT molecular complexity index is 1210. The summed E-state index contributed by atoms with van der Waals surface area (Å²) in [7, 11) is 0.